The smallest absolute Gasteiger partial charge is 0.407 e. The van der Waals surface area contributed by atoms with E-state index in [0.29, 0.717) is 18.9 Å². The third-order valence-electron chi connectivity index (χ3n) is 6.40. The van der Waals surface area contributed by atoms with E-state index in [1.54, 1.807) is 0 Å². The van der Waals surface area contributed by atoms with Gasteiger partial charge in [0, 0.05) is 17.8 Å². The summed E-state index contributed by atoms with van der Waals surface area (Å²) in [6, 6.07) is 35.1. The summed E-state index contributed by atoms with van der Waals surface area (Å²) in [5, 5.41) is 2.94. The van der Waals surface area contributed by atoms with Crippen molar-refractivity contribution in [3.05, 3.63) is 120 Å². The number of alkyl halides is 1. The van der Waals surface area contributed by atoms with E-state index in [2.05, 4.69) is 66.0 Å². The van der Waals surface area contributed by atoms with Gasteiger partial charge in [-0.1, -0.05) is 103 Å². The van der Waals surface area contributed by atoms with E-state index < -0.39 is 6.09 Å². The molecule has 170 valence electrons. The Bertz CT molecular complexity index is 1230. The van der Waals surface area contributed by atoms with Crippen LogP contribution in [0.1, 0.15) is 22.6 Å². The Morgan fingerprint density at radius 1 is 0.765 bits per heavy atom. The lowest BCUT2D eigenvalue weighted by Crippen LogP contribution is -2.38. The predicted octanol–water partition coefficient (Wildman–Crippen LogP) is 7.04. The highest BCUT2D eigenvalue weighted by Gasteiger charge is 2.29. The van der Waals surface area contributed by atoms with Crippen LogP contribution in [-0.4, -0.2) is 24.6 Å². The molecule has 1 N–H and O–H groups in total. The first-order chi connectivity index (χ1) is 16.7. The molecular weight excluding hydrogens is 442 g/mol. The number of rotatable bonds is 7. The van der Waals surface area contributed by atoms with Crippen LogP contribution in [-0.2, 0) is 11.2 Å². The quantitative estimate of drug-likeness (QED) is 0.296. The van der Waals surface area contributed by atoms with Crippen LogP contribution < -0.4 is 5.32 Å². The molecule has 0 saturated carbocycles. The van der Waals surface area contributed by atoms with Crippen molar-refractivity contribution in [1.82, 2.24) is 5.32 Å². The topological polar surface area (TPSA) is 38.3 Å². The van der Waals surface area contributed by atoms with Gasteiger partial charge in [0.25, 0.3) is 0 Å². The average Bonchev–Trinajstić information content (AvgIpc) is 3.22. The van der Waals surface area contributed by atoms with Crippen molar-refractivity contribution in [3.8, 4) is 22.3 Å². The number of fused-ring (bicyclic) bond motifs is 3. The van der Waals surface area contributed by atoms with Gasteiger partial charge in [0.15, 0.2) is 0 Å². The molecule has 5 rings (SSSR count). The van der Waals surface area contributed by atoms with Gasteiger partial charge in [-0.3, -0.25) is 0 Å². The van der Waals surface area contributed by atoms with Crippen LogP contribution in [0.15, 0.2) is 103 Å². The van der Waals surface area contributed by atoms with Crippen molar-refractivity contribution in [2.45, 2.75) is 18.4 Å². The number of hydrogen-bond acceptors (Lipinski definition) is 2. The third kappa shape index (κ3) is 4.71. The van der Waals surface area contributed by atoms with Crippen molar-refractivity contribution in [3.63, 3.8) is 0 Å². The van der Waals surface area contributed by atoms with Crippen LogP contribution in [0.25, 0.3) is 22.3 Å². The minimum absolute atomic E-state index is 0.0399. The molecule has 1 aliphatic rings. The van der Waals surface area contributed by atoms with E-state index in [9.17, 15) is 4.79 Å². The van der Waals surface area contributed by atoms with Gasteiger partial charge < -0.3 is 10.1 Å². The van der Waals surface area contributed by atoms with Crippen LogP contribution in [0.3, 0.4) is 0 Å². The van der Waals surface area contributed by atoms with Crippen molar-refractivity contribution in [2.75, 3.05) is 12.5 Å². The summed E-state index contributed by atoms with van der Waals surface area (Å²) in [5.74, 6) is 0.350. The minimum atomic E-state index is -0.437. The number of carbonyl (C=O) groups is 1. The Kier molecular flexibility index (Phi) is 6.64. The van der Waals surface area contributed by atoms with Gasteiger partial charge in [0.1, 0.15) is 6.61 Å². The van der Waals surface area contributed by atoms with E-state index >= 15 is 0 Å². The second-order valence-electron chi connectivity index (χ2n) is 8.59. The molecule has 4 heteroatoms. The molecule has 0 unspecified atom stereocenters. The molecule has 0 fully saturated rings. The van der Waals surface area contributed by atoms with E-state index in [4.69, 9.17) is 16.3 Å². The number of nitrogens with one attached hydrogen (secondary N) is 1. The molecule has 0 radical (unpaired) electrons. The van der Waals surface area contributed by atoms with E-state index in [1.807, 2.05) is 42.5 Å². The van der Waals surface area contributed by atoms with Crippen LogP contribution in [0, 0.1) is 0 Å². The zero-order valence-corrected chi connectivity index (χ0v) is 19.5. The molecule has 34 heavy (non-hydrogen) atoms. The first kappa shape index (κ1) is 22.2. The van der Waals surface area contributed by atoms with Crippen LogP contribution in [0.5, 0.6) is 0 Å². The van der Waals surface area contributed by atoms with Crippen molar-refractivity contribution >= 4 is 17.7 Å². The summed E-state index contributed by atoms with van der Waals surface area (Å²) < 4.78 is 5.68. The first-order valence-corrected chi connectivity index (χ1v) is 12.1. The summed E-state index contributed by atoms with van der Waals surface area (Å²) in [6.45, 7) is 0.292. The first-order valence-electron chi connectivity index (χ1n) is 11.5. The number of ether oxygens (including phenoxy) is 1. The van der Waals surface area contributed by atoms with Gasteiger partial charge >= 0.3 is 6.09 Å². The predicted molar refractivity (Wildman–Crippen MR) is 138 cm³/mol. The number of carbonyl (C=O) groups excluding carboxylic acids is 1. The lowest BCUT2D eigenvalue weighted by molar-refractivity contribution is 0.140. The number of amides is 1. The molecular formula is C30H26ClNO2. The molecule has 0 heterocycles. The zero-order chi connectivity index (χ0) is 23.3. The molecule has 0 bridgehead atoms. The minimum Gasteiger partial charge on any atom is -0.449 e. The van der Waals surface area contributed by atoms with E-state index in [-0.39, 0.29) is 12.0 Å². The summed E-state index contributed by atoms with van der Waals surface area (Å²) in [7, 11) is 0. The highest BCUT2D eigenvalue weighted by Crippen LogP contribution is 2.44. The summed E-state index contributed by atoms with van der Waals surface area (Å²) in [4.78, 5) is 12.6. The Balaban J connectivity index is 1.20. The number of benzene rings is 4. The van der Waals surface area contributed by atoms with Gasteiger partial charge in [0.2, 0.25) is 0 Å². The molecule has 0 spiro atoms. The summed E-state index contributed by atoms with van der Waals surface area (Å²) in [6.07, 6.45) is 0.205. The van der Waals surface area contributed by atoms with E-state index in [0.717, 1.165) is 11.1 Å². The fourth-order valence-electron chi connectivity index (χ4n) is 4.70. The zero-order valence-electron chi connectivity index (χ0n) is 18.8. The molecule has 1 atom stereocenters. The summed E-state index contributed by atoms with van der Waals surface area (Å²) in [5.41, 5.74) is 8.28. The van der Waals surface area contributed by atoms with Gasteiger partial charge in [0.05, 0.1) is 0 Å². The molecule has 0 aliphatic heterocycles. The van der Waals surface area contributed by atoms with Gasteiger partial charge in [-0.05, 0) is 45.4 Å². The SMILES string of the molecule is O=C(N[C@@H](CCl)Cc1ccc(-c2ccccc2)cc1)OCC1c2ccccc2-c2ccccc21. The van der Waals surface area contributed by atoms with Gasteiger partial charge in [-0.25, -0.2) is 4.79 Å². The summed E-state index contributed by atoms with van der Waals surface area (Å²) >= 11 is 6.18. The standard InChI is InChI=1S/C30H26ClNO2/c31-19-24(18-21-14-16-23(17-15-21)22-8-2-1-3-9-22)32-30(33)34-20-29-27-12-6-4-10-25(27)26-11-5-7-13-28(26)29/h1-17,24,29H,18-20H2,(H,32,33)/t24-/m1/s1. The second kappa shape index (κ2) is 10.1. The van der Waals surface area contributed by atoms with Gasteiger partial charge in [-0.15, -0.1) is 11.6 Å². The number of halogens is 1. The van der Waals surface area contributed by atoms with Crippen LogP contribution in [0.2, 0.25) is 0 Å². The molecule has 0 saturated heterocycles. The van der Waals surface area contributed by atoms with Crippen LogP contribution >= 0.6 is 11.6 Å². The maximum absolute atomic E-state index is 12.6. The Hall–Kier alpha value is -3.56. The molecule has 0 aromatic heterocycles. The van der Waals surface area contributed by atoms with Crippen molar-refractivity contribution in [2.24, 2.45) is 0 Å². The average molecular weight is 468 g/mol. The fourth-order valence-corrected chi connectivity index (χ4v) is 4.89. The van der Waals surface area contributed by atoms with Crippen LogP contribution in [0.4, 0.5) is 4.79 Å². The second-order valence-corrected chi connectivity index (χ2v) is 8.90. The Morgan fingerprint density at radius 2 is 1.32 bits per heavy atom. The number of alkyl carbamates (subject to hydrolysis) is 1. The molecule has 4 aromatic carbocycles. The fraction of sp³-hybridized carbons (Fsp3) is 0.167. The number of hydrogen-bond donors (Lipinski definition) is 1. The molecule has 1 amide bonds. The van der Waals surface area contributed by atoms with E-state index in [1.165, 1.54) is 27.8 Å². The monoisotopic (exact) mass is 467 g/mol. The maximum Gasteiger partial charge on any atom is 0.407 e. The van der Waals surface area contributed by atoms with Crippen molar-refractivity contribution in [1.29, 1.82) is 0 Å². The molecule has 3 nitrogen and oxygen atoms in total. The highest BCUT2D eigenvalue weighted by atomic mass is 35.5. The lowest BCUT2D eigenvalue weighted by atomic mass is 9.98. The lowest BCUT2D eigenvalue weighted by Gasteiger charge is -2.18. The van der Waals surface area contributed by atoms with Gasteiger partial charge in [-0.2, -0.15) is 0 Å². The molecule has 4 aromatic rings. The Labute approximate surface area is 205 Å². The van der Waals surface area contributed by atoms with Crippen molar-refractivity contribution < 1.29 is 9.53 Å². The highest BCUT2D eigenvalue weighted by molar-refractivity contribution is 6.18. The Morgan fingerprint density at radius 3 is 1.94 bits per heavy atom. The largest absolute Gasteiger partial charge is 0.449 e. The third-order valence-corrected chi connectivity index (χ3v) is 6.77. The normalized spacial score (nSPS) is 13.1. The maximum atomic E-state index is 12.6. The molecule has 1 aliphatic carbocycles.